The van der Waals surface area contributed by atoms with Gasteiger partial charge in [0.2, 0.25) is 11.8 Å². The molecule has 1 saturated heterocycles. The molecule has 5 heteroatoms. The van der Waals surface area contributed by atoms with Gasteiger partial charge in [-0.05, 0) is 30.1 Å². The van der Waals surface area contributed by atoms with E-state index in [2.05, 4.69) is 5.32 Å². The molecule has 2 saturated carbocycles. The molecule has 5 nitrogen and oxygen atoms in total. The molecule has 0 aromatic heterocycles. The van der Waals surface area contributed by atoms with E-state index in [1.54, 1.807) is 0 Å². The lowest BCUT2D eigenvalue weighted by Gasteiger charge is -2.50. The lowest BCUT2D eigenvalue weighted by atomic mass is 9.59. The van der Waals surface area contributed by atoms with Crippen LogP contribution in [0.25, 0.3) is 0 Å². The van der Waals surface area contributed by atoms with E-state index in [-0.39, 0.29) is 35.3 Å². The van der Waals surface area contributed by atoms with E-state index in [4.69, 9.17) is 0 Å². The smallest absolute Gasteiger partial charge is 0.242 e. The maximum Gasteiger partial charge on any atom is 0.242 e. The van der Waals surface area contributed by atoms with E-state index in [9.17, 15) is 14.7 Å². The fourth-order valence-electron chi connectivity index (χ4n) is 4.65. The molecule has 0 aromatic rings. The molecule has 2 aliphatic carbocycles. The van der Waals surface area contributed by atoms with Gasteiger partial charge < -0.3 is 15.3 Å². The minimum atomic E-state index is -0.307. The van der Waals surface area contributed by atoms with E-state index < -0.39 is 0 Å². The Bertz CT molecular complexity index is 485. The van der Waals surface area contributed by atoms with Gasteiger partial charge in [-0.15, -0.1) is 0 Å². The standard InChI is InChI=1S/C19H32N2O3/c1-19(2)14(11-16(19)22)12-17(23)21-9-8-20-18(24)15(21)10-13-6-4-3-5-7-13/h13-16,22H,3-12H2,1-2H3,(H,20,24). The van der Waals surface area contributed by atoms with Crippen LogP contribution in [0.5, 0.6) is 0 Å². The molecule has 2 N–H and O–H groups in total. The van der Waals surface area contributed by atoms with E-state index in [0.29, 0.717) is 31.8 Å². The summed E-state index contributed by atoms with van der Waals surface area (Å²) in [5.74, 6) is 0.911. The molecule has 3 rings (SSSR count). The molecule has 1 heterocycles. The number of aliphatic hydroxyl groups is 1. The zero-order valence-electron chi connectivity index (χ0n) is 15.1. The molecule has 1 aliphatic heterocycles. The van der Waals surface area contributed by atoms with Crippen molar-refractivity contribution in [1.29, 1.82) is 0 Å². The molecular weight excluding hydrogens is 304 g/mol. The molecule has 0 spiro atoms. The van der Waals surface area contributed by atoms with Gasteiger partial charge >= 0.3 is 0 Å². The highest BCUT2D eigenvalue weighted by Crippen LogP contribution is 2.48. The summed E-state index contributed by atoms with van der Waals surface area (Å²) in [6.07, 6.45) is 7.84. The lowest BCUT2D eigenvalue weighted by molar-refractivity contribution is -0.151. The van der Waals surface area contributed by atoms with Crippen molar-refractivity contribution in [2.24, 2.45) is 17.3 Å². The van der Waals surface area contributed by atoms with Crippen molar-refractivity contribution in [3.8, 4) is 0 Å². The predicted octanol–water partition coefficient (Wildman–Crippen LogP) is 2.08. The first kappa shape index (κ1) is 17.7. The quantitative estimate of drug-likeness (QED) is 0.826. The summed E-state index contributed by atoms with van der Waals surface area (Å²) < 4.78 is 0. The third kappa shape index (κ3) is 3.46. The molecule has 0 radical (unpaired) electrons. The van der Waals surface area contributed by atoms with Crippen LogP contribution in [0.2, 0.25) is 0 Å². The van der Waals surface area contributed by atoms with Gasteiger partial charge in [-0.3, -0.25) is 9.59 Å². The first-order chi connectivity index (χ1) is 11.4. The summed E-state index contributed by atoms with van der Waals surface area (Å²) >= 11 is 0. The summed E-state index contributed by atoms with van der Waals surface area (Å²) in [7, 11) is 0. The minimum absolute atomic E-state index is 0.0214. The fraction of sp³-hybridized carbons (Fsp3) is 0.895. The summed E-state index contributed by atoms with van der Waals surface area (Å²) in [4.78, 5) is 27.1. The van der Waals surface area contributed by atoms with Gasteiger partial charge in [-0.1, -0.05) is 46.0 Å². The Morgan fingerprint density at radius 3 is 2.62 bits per heavy atom. The first-order valence-corrected chi connectivity index (χ1v) is 9.65. The van der Waals surface area contributed by atoms with Crippen molar-refractivity contribution in [1.82, 2.24) is 10.2 Å². The van der Waals surface area contributed by atoms with Crippen molar-refractivity contribution in [2.75, 3.05) is 13.1 Å². The SMILES string of the molecule is CC1(C)C(O)CC1CC(=O)N1CCNC(=O)C1CC1CCCCC1. The van der Waals surface area contributed by atoms with E-state index in [1.165, 1.54) is 32.1 Å². The highest BCUT2D eigenvalue weighted by atomic mass is 16.3. The monoisotopic (exact) mass is 336 g/mol. The van der Waals surface area contributed by atoms with Crippen LogP contribution in [0.4, 0.5) is 0 Å². The molecule has 0 bridgehead atoms. The van der Waals surface area contributed by atoms with Crippen molar-refractivity contribution in [3.05, 3.63) is 0 Å². The number of carbonyl (C=O) groups excluding carboxylic acids is 2. The number of nitrogens with zero attached hydrogens (tertiary/aromatic N) is 1. The minimum Gasteiger partial charge on any atom is -0.393 e. The van der Waals surface area contributed by atoms with Gasteiger partial charge in [0.25, 0.3) is 0 Å². The largest absolute Gasteiger partial charge is 0.393 e. The van der Waals surface area contributed by atoms with Crippen molar-refractivity contribution >= 4 is 11.8 Å². The second kappa shape index (κ2) is 7.03. The average molecular weight is 336 g/mol. The molecular formula is C19H32N2O3. The van der Waals surface area contributed by atoms with Crippen molar-refractivity contribution in [3.63, 3.8) is 0 Å². The van der Waals surface area contributed by atoms with Gasteiger partial charge in [0, 0.05) is 19.5 Å². The lowest BCUT2D eigenvalue weighted by Crippen LogP contribution is -2.59. The number of carbonyl (C=O) groups is 2. The maximum atomic E-state index is 12.9. The van der Waals surface area contributed by atoms with Gasteiger partial charge in [0.15, 0.2) is 0 Å². The Kier molecular flexibility index (Phi) is 5.19. The van der Waals surface area contributed by atoms with Crippen LogP contribution < -0.4 is 5.32 Å². The number of amides is 2. The molecule has 3 atom stereocenters. The third-order valence-electron chi connectivity index (χ3n) is 6.77. The predicted molar refractivity (Wildman–Crippen MR) is 92.2 cm³/mol. The molecule has 3 aliphatic rings. The fourth-order valence-corrected chi connectivity index (χ4v) is 4.65. The number of rotatable bonds is 4. The number of hydrogen-bond donors (Lipinski definition) is 2. The third-order valence-corrected chi connectivity index (χ3v) is 6.77. The maximum absolute atomic E-state index is 12.9. The second-order valence-corrected chi connectivity index (χ2v) is 8.61. The summed E-state index contributed by atoms with van der Waals surface area (Å²) in [5, 5.41) is 12.8. The Hall–Kier alpha value is -1.10. The topological polar surface area (TPSA) is 69.6 Å². The van der Waals surface area contributed by atoms with Crippen LogP contribution in [0, 0.1) is 17.3 Å². The van der Waals surface area contributed by atoms with Crippen molar-refractivity contribution in [2.45, 2.75) is 77.4 Å². The van der Waals surface area contributed by atoms with Crippen molar-refractivity contribution < 1.29 is 14.7 Å². The van der Waals surface area contributed by atoms with Crippen LogP contribution in [-0.4, -0.2) is 47.1 Å². The van der Waals surface area contributed by atoms with Gasteiger partial charge in [-0.25, -0.2) is 0 Å². The number of piperazine rings is 1. The van der Waals surface area contributed by atoms with Crippen LogP contribution in [0.1, 0.15) is 65.2 Å². The summed E-state index contributed by atoms with van der Waals surface area (Å²) in [6, 6.07) is -0.289. The Morgan fingerprint density at radius 2 is 2.00 bits per heavy atom. The van der Waals surface area contributed by atoms with Gasteiger partial charge in [0.05, 0.1) is 6.10 Å². The molecule has 3 unspecified atom stereocenters. The summed E-state index contributed by atoms with van der Waals surface area (Å²) in [6.45, 7) is 5.24. The van der Waals surface area contributed by atoms with E-state index in [1.807, 2.05) is 18.7 Å². The van der Waals surface area contributed by atoms with Gasteiger partial charge in [0.1, 0.15) is 6.04 Å². The van der Waals surface area contributed by atoms with E-state index in [0.717, 1.165) is 6.42 Å². The zero-order valence-corrected chi connectivity index (χ0v) is 15.1. The average Bonchev–Trinajstić information content (AvgIpc) is 2.57. The van der Waals surface area contributed by atoms with Crippen LogP contribution in [0.3, 0.4) is 0 Å². The highest BCUT2D eigenvalue weighted by Gasteiger charge is 2.48. The van der Waals surface area contributed by atoms with E-state index >= 15 is 0 Å². The molecule has 136 valence electrons. The second-order valence-electron chi connectivity index (χ2n) is 8.61. The number of aliphatic hydroxyl groups excluding tert-OH is 1. The summed E-state index contributed by atoms with van der Waals surface area (Å²) in [5.41, 5.74) is -0.188. The Labute approximate surface area is 145 Å². The normalized spacial score (nSPS) is 33.7. The molecule has 0 aromatic carbocycles. The van der Waals surface area contributed by atoms with Crippen LogP contribution in [-0.2, 0) is 9.59 Å². The molecule has 3 fully saturated rings. The Morgan fingerprint density at radius 1 is 1.29 bits per heavy atom. The number of hydrogen-bond acceptors (Lipinski definition) is 3. The highest BCUT2D eigenvalue weighted by molar-refractivity contribution is 5.89. The molecule has 2 amide bonds. The Balaban J connectivity index is 1.62. The first-order valence-electron chi connectivity index (χ1n) is 9.65. The molecule has 24 heavy (non-hydrogen) atoms. The zero-order chi connectivity index (χ0) is 17.3. The van der Waals surface area contributed by atoms with Gasteiger partial charge in [-0.2, -0.15) is 0 Å². The van der Waals surface area contributed by atoms with Crippen LogP contribution >= 0.6 is 0 Å². The van der Waals surface area contributed by atoms with Crippen LogP contribution in [0.15, 0.2) is 0 Å². The number of nitrogens with one attached hydrogen (secondary N) is 1.